The van der Waals surface area contributed by atoms with E-state index in [0.29, 0.717) is 23.2 Å². The molecule has 1 aromatic heterocycles. The minimum absolute atomic E-state index is 0.0254. The number of hydrogen-bond acceptors (Lipinski definition) is 3. The molecule has 7 heteroatoms. The van der Waals surface area contributed by atoms with Crippen molar-refractivity contribution in [1.29, 1.82) is 0 Å². The summed E-state index contributed by atoms with van der Waals surface area (Å²) in [4.78, 5) is 14.5. The van der Waals surface area contributed by atoms with Crippen molar-refractivity contribution < 1.29 is 9.53 Å². The Morgan fingerprint density at radius 1 is 1.52 bits per heavy atom. The summed E-state index contributed by atoms with van der Waals surface area (Å²) in [6.45, 7) is 7.18. The number of aromatic nitrogens is 2. The van der Waals surface area contributed by atoms with Gasteiger partial charge in [-0.05, 0) is 18.8 Å². The van der Waals surface area contributed by atoms with Gasteiger partial charge < -0.3 is 15.0 Å². The highest BCUT2D eigenvalue weighted by molar-refractivity contribution is 6.31. The lowest BCUT2D eigenvalue weighted by molar-refractivity contribution is -0.124. The maximum atomic E-state index is 12.6. The van der Waals surface area contributed by atoms with Crippen LogP contribution in [0.25, 0.3) is 0 Å². The second-order valence-electron chi connectivity index (χ2n) is 7.05. The fraction of sp³-hybridized carbons (Fsp3) is 0.750. The van der Waals surface area contributed by atoms with Crippen LogP contribution in [0.3, 0.4) is 0 Å². The molecule has 0 radical (unpaired) electrons. The van der Waals surface area contributed by atoms with E-state index >= 15 is 0 Å². The van der Waals surface area contributed by atoms with Crippen LogP contribution in [0.15, 0.2) is 6.20 Å². The third-order valence-electron chi connectivity index (χ3n) is 5.09. The van der Waals surface area contributed by atoms with Crippen molar-refractivity contribution in [3.8, 4) is 0 Å². The van der Waals surface area contributed by atoms with Crippen molar-refractivity contribution >= 4 is 17.6 Å². The van der Waals surface area contributed by atoms with Crippen molar-refractivity contribution in [2.75, 3.05) is 19.8 Å². The average molecular weight is 341 g/mol. The summed E-state index contributed by atoms with van der Waals surface area (Å²) in [6, 6.07) is 0.258. The van der Waals surface area contributed by atoms with Crippen molar-refractivity contribution in [2.24, 2.45) is 18.4 Å². The molecule has 3 heterocycles. The summed E-state index contributed by atoms with van der Waals surface area (Å²) in [7, 11) is 1.82. The molecule has 0 bridgehead atoms. The molecule has 1 atom stereocenters. The van der Waals surface area contributed by atoms with Crippen LogP contribution >= 0.6 is 11.6 Å². The minimum atomic E-state index is -0.0254. The minimum Gasteiger partial charge on any atom is -0.381 e. The molecule has 6 nitrogen and oxygen atoms in total. The lowest BCUT2D eigenvalue weighted by atomic mass is 9.63. The molecule has 0 aromatic carbocycles. The first-order valence-corrected chi connectivity index (χ1v) is 8.61. The Hall–Kier alpha value is -1.27. The SMILES string of the molecule is CC(C)C1N(C(=O)NCc2nn(C)cc2Cl)CC12CCOCC2. The highest BCUT2D eigenvalue weighted by Crippen LogP contribution is 2.48. The standard InChI is InChI=1S/C16H25ClN4O2/c1-11(2)14-16(4-6-23-7-5-16)10-21(14)15(22)18-8-13-12(17)9-20(3)19-13/h9,11,14H,4-8,10H2,1-3H3,(H,18,22). The molecule has 128 valence electrons. The lowest BCUT2D eigenvalue weighted by Gasteiger charge is -2.60. The highest BCUT2D eigenvalue weighted by Gasteiger charge is 2.55. The predicted molar refractivity (Wildman–Crippen MR) is 88.3 cm³/mol. The van der Waals surface area contributed by atoms with Crippen LogP contribution in [0.2, 0.25) is 5.02 Å². The highest BCUT2D eigenvalue weighted by atomic mass is 35.5. The van der Waals surface area contributed by atoms with Gasteiger partial charge in [-0.1, -0.05) is 25.4 Å². The fourth-order valence-corrected chi connectivity index (χ4v) is 4.38. The number of nitrogens with zero attached hydrogens (tertiary/aromatic N) is 3. The van der Waals surface area contributed by atoms with E-state index in [4.69, 9.17) is 16.3 Å². The third kappa shape index (κ3) is 3.06. The van der Waals surface area contributed by atoms with Gasteiger partial charge in [0.25, 0.3) is 0 Å². The molecule has 2 amide bonds. The van der Waals surface area contributed by atoms with E-state index in [0.717, 1.165) is 32.6 Å². The Labute approximate surface area is 142 Å². The molecule has 2 aliphatic heterocycles. The summed E-state index contributed by atoms with van der Waals surface area (Å²) in [5, 5.41) is 7.80. The molecular weight excluding hydrogens is 316 g/mol. The van der Waals surface area contributed by atoms with Gasteiger partial charge in [0.2, 0.25) is 0 Å². The van der Waals surface area contributed by atoms with E-state index in [1.54, 1.807) is 10.9 Å². The molecule has 2 fully saturated rings. The summed E-state index contributed by atoms with van der Waals surface area (Å²) >= 11 is 6.09. The van der Waals surface area contributed by atoms with E-state index in [-0.39, 0.29) is 17.5 Å². The van der Waals surface area contributed by atoms with Crippen LogP contribution in [-0.4, -0.2) is 46.5 Å². The van der Waals surface area contributed by atoms with Crippen molar-refractivity contribution in [3.63, 3.8) is 0 Å². The second kappa shape index (κ2) is 6.32. The third-order valence-corrected chi connectivity index (χ3v) is 5.41. The Balaban J connectivity index is 1.62. The number of halogens is 1. The molecule has 3 rings (SSSR count). The van der Waals surface area contributed by atoms with Crippen LogP contribution in [0.5, 0.6) is 0 Å². The van der Waals surface area contributed by atoms with Crippen LogP contribution in [0.1, 0.15) is 32.4 Å². The van der Waals surface area contributed by atoms with Gasteiger partial charge in [0.15, 0.2) is 0 Å². The Morgan fingerprint density at radius 3 is 2.78 bits per heavy atom. The Kier molecular flexibility index (Phi) is 4.56. The normalized spacial score (nSPS) is 23.2. The van der Waals surface area contributed by atoms with E-state index in [9.17, 15) is 4.79 Å². The summed E-state index contributed by atoms with van der Waals surface area (Å²) in [5.74, 6) is 0.436. The van der Waals surface area contributed by atoms with Gasteiger partial charge in [-0.2, -0.15) is 5.10 Å². The summed E-state index contributed by atoms with van der Waals surface area (Å²) < 4.78 is 7.16. The van der Waals surface area contributed by atoms with Crippen molar-refractivity contribution in [3.05, 3.63) is 16.9 Å². The molecule has 2 aliphatic rings. The Bertz CT molecular complexity index is 581. The summed E-state index contributed by atoms with van der Waals surface area (Å²) in [6.07, 6.45) is 3.83. The molecule has 1 unspecified atom stereocenters. The number of nitrogens with one attached hydrogen (secondary N) is 1. The number of ether oxygens (including phenoxy) is 1. The Morgan fingerprint density at radius 2 is 2.22 bits per heavy atom. The van der Waals surface area contributed by atoms with Crippen LogP contribution in [-0.2, 0) is 18.3 Å². The number of carbonyl (C=O) groups is 1. The maximum Gasteiger partial charge on any atom is 0.318 e. The second-order valence-corrected chi connectivity index (χ2v) is 7.45. The molecule has 1 aromatic rings. The largest absolute Gasteiger partial charge is 0.381 e. The zero-order valence-electron chi connectivity index (χ0n) is 14.0. The number of likely N-dealkylation sites (tertiary alicyclic amines) is 1. The van der Waals surface area contributed by atoms with Gasteiger partial charge in [0.05, 0.1) is 11.6 Å². The topological polar surface area (TPSA) is 59.4 Å². The monoisotopic (exact) mass is 340 g/mol. The van der Waals surface area contributed by atoms with Crippen LogP contribution in [0, 0.1) is 11.3 Å². The van der Waals surface area contributed by atoms with Crippen molar-refractivity contribution in [1.82, 2.24) is 20.0 Å². The van der Waals surface area contributed by atoms with Gasteiger partial charge in [0.1, 0.15) is 5.69 Å². The number of hydrogen-bond donors (Lipinski definition) is 1. The van der Waals surface area contributed by atoms with Gasteiger partial charge in [-0.25, -0.2) is 4.79 Å². The average Bonchev–Trinajstić information content (AvgIpc) is 2.80. The van der Waals surface area contributed by atoms with E-state index < -0.39 is 0 Å². The number of urea groups is 1. The fourth-order valence-electron chi connectivity index (χ4n) is 4.13. The molecule has 0 aliphatic carbocycles. The molecule has 1 N–H and O–H groups in total. The molecule has 23 heavy (non-hydrogen) atoms. The maximum absolute atomic E-state index is 12.6. The number of rotatable bonds is 3. The first-order valence-electron chi connectivity index (χ1n) is 8.23. The predicted octanol–water partition coefficient (Wildman–Crippen LogP) is 2.42. The van der Waals surface area contributed by atoms with Gasteiger partial charge >= 0.3 is 6.03 Å². The van der Waals surface area contributed by atoms with E-state index in [2.05, 4.69) is 24.3 Å². The number of amides is 2. The van der Waals surface area contributed by atoms with Gasteiger partial charge in [0, 0.05) is 44.5 Å². The van der Waals surface area contributed by atoms with Gasteiger partial charge in [-0.15, -0.1) is 0 Å². The first kappa shape index (κ1) is 16.6. The number of aryl methyl sites for hydroxylation is 1. The zero-order valence-corrected chi connectivity index (χ0v) is 14.8. The van der Waals surface area contributed by atoms with E-state index in [1.807, 2.05) is 11.9 Å². The molecule has 0 saturated carbocycles. The molecular formula is C16H25ClN4O2. The smallest absolute Gasteiger partial charge is 0.318 e. The first-order chi connectivity index (χ1) is 10.9. The van der Waals surface area contributed by atoms with Crippen LogP contribution < -0.4 is 5.32 Å². The number of carbonyl (C=O) groups excluding carboxylic acids is 1. The summed E-state index contributed by atoms with van der Waals surface area (Å²) in [5.41, 5.74) is 0.941. The molecule has 1 spiro atoms. The zero-order chi connectivity index (χ0) is 16.6. The van der Waals surface area contributed by atoms with Crippen molar-refractivity contribution in [2.45, 2.75) is 39.3 Å². The van der Waals surface area contributed by atoms with Crippen LogP contribution in [0.4, 0.5) is 4.79 Å². The lowest BCUT2D eigenvalue weighted by Crippen LogP contribution is -2.70. The molecule has 2 saturated heterocycles. The quantitative estimate of drug-likeness (QED) is 0.919. The van der Waals surface area contributed by atoms with Gasteiger partial charge in [-0.3, -0.25) is 4.68 Å². The van der Waals surface area contributed by atoms with E-state index in [1.165, 1.54) is 0 Å².